The minimum Gasteiger partial charge on any atom is -0.497 e. The van der Waals surface area contributed by atoms with Crippen LogP contribution in [0.25, 0.3) is 10.2 Å². The summed E-state index contributed by atoms with van der Waals surface area (Å²) in [5, 5.41) is 4.22. The average Bonchev–Trinajstić information content (AvgIpc) is 3.20. The summed E-state index contributed by atoms with van der Waals surface area (Å²) in [5.74, 6) is 0.839. The van der Waals surface area contributed by atoms with Crippen molar-refractivity contribution in [3.05, 3.63) is 90.0 Å². The Kier molecular flexibility index (Phi) is 5.30. The number of nitrogens with one attached hydrogen (secondary N) is 1. The molecule has 5 rings (SSSR count). The Labute approximate surface area is 185 Å². The van der Waals surface area contributed by atoms with Gasteiger partial charge in [0, 0.05) is 19.2 Å². The van der Waals surface area contributed by atoms with Crippen LogP contribution in [-0.4, -0.2) is 31.1 Å². The van der Waals surface area contributed by atoms with E-state index in [9.17, 15) is 4.79 Å². The topological polar surface area (TPSA) is 54.5 Å². The molecule has 5 nitrogen and oxygen atoms in total. The van der Waals surface area contributed by atoms with Crippen molar-refractivity contribution in [3.8, 4) is 5.75 Å². The van der Waals surface area contributed by atoms with Crippen LogP contribution in [-0.2, 0) is 4.79 Å². The highest BCUT2D eigenvalue weighted by Crippen LogP contribution is 2.34. The fourth-order valence-electron chi connectivity index (χ4n) is 3.87. The first kappa shape index (κ1) is 19.6. The van der Waals surface area contributed by atoms with Crippen LogP contribution in [0.15, 0.2) is 78.9 Å². The SMILES string of the molecule is COc1ccc2sc(N3CC(C(=O)NC(c4ccccc4)c4ccccc4)C3)nc2c1. The highest BCUT2D eigenvalue weighted by Gasteiger charge is 2.35. The lowest BCUT2D eigenvalue weighted by Gasteiger charge is -2.38. The van der Waals surface area contributed by atoms with Gasteiger partial charge in [0.15, 0.2) is 5.13 Å². The molecule has 0 spiro atoms. The van der Waals surface area contributed by atoms with Crippen molar-refractivity contribution in [1.82, 2.24) is 10.3 Å². The Balaban J connectivity index is 1.28. The first-order chi connectivity index (χ1) is 15.2. The molecule has 31 heavy (non-hydrogen) atoms. The number of hydrogen-bond acceptors (Lipinski definition) is 5. The highest BCUT2D eigenvalue weighted by atomic mass is 32.1. The minimum absolute atomic E-state index is 0.0449. The molecule has 0 bridgehead atoms. The molecule has 1 aliphatic heterocycles. The Morgan fingerprint density at radius 3 is 2.29 bits per heavy atom. The van der Waals surface area contributed by atoms with Gasteiger partial charge in [0.2, 0.25) is 5.91 Å². The van der Waals surface area contributed by atoms with Gasteiger partial charge in [-0.25, -0.2) is 4.98 Å². The van der Waals surface area contributed by atoms with Crippen LogP contribution in [0.3, 0.4) is 0 Å². The Bertz CT molecular complexity index is 1150. The third-order valence-electron chi connectivity index (χ3n) is 5.66. The second-order valence-electron chi connectivity index (χ2n) is 7.69. The molecule has 0 saturated carbocycles. The maximum Gasteiger partial charge on any atom is 0.227 e. The van der Waals surface area contributed by atoms with Crippen LogP contribution in [0.1, 0.15) is 17.2 Å². The third-order valence-corrected chi connectivity index (χ3v) is 6.76. The van der Waals surface area contributed by atoms with E-state index in [4.69, 9.17) is 9.72 Å². The van der Waals surface area contributed by atoms with Gasteiger partial charge in [-0.2, -0.15) is 0 Å². The number of thiazole rings is 1. The normalized spacial score (nSPS) is 13.9. The van der Waals surface area contributed by atoms with E-state index in [0.29, 0.717) is 13.1 Å². The standard InChI is InChI=1S/C25H23N3O2S/c1-30-20-12-13-22-21(14-20)26-25(31-22)28-15-19(16-28)24(29)27-23(17-8-4-2-5-9-17)18-10-6-3-7-11-18/h2-14,19,23H,15-16H2,1H3,(H,27,29). The molecule has 1 fully saturated rings. The lowest BCUT2D eigenvalue weighted by Crippen LogP contribution is -2.54. The molecule has 0 radical (unpaired) electrons. The molecule has 1 aromatic heterocycles. The van der Waals surface area contributed by atoms with Gasteiger partial charge in [-0.05, 0) is 23.3 Å². The third kappa shape index (κ3) is 3.99. The van der Waals surface area contributed by atoms with Crippen molar-refractivity contribution in [3.63, 3.8) is 0 Å². The van der Waals surface area contributed by atoms with Crippen molar-refractivity contribution in [2.75, 3.05) is 25.1 Å². The second-order valence-corrected chi connectivity index (χ2v) is 8.70. The number of rotatable bonds is 6. The van der Waals surface area contributed by atoms with Gasteiger partial charge in [-0.15, -0.1) is 0 Å². The van der Waals surface area contributed by atoms with Gasteiger partial charge in [0.1, 0.15) is 5.75 Å². The number of carbonyl (C=O) groups is 1. The lowest BCUT2D eigenvalue weighted by atomic mass is 9.95. The smallest absolute Gasteiger partial charge is 0.227 e. The van der Waals surface area contributed by atoms with Crippen molar-refractivity contribution in [1.29, 1.82) is 0 Å². The zero-order chi connectivity index (χ0) is 21.2. The number of hydrogen-bond donors (Lipinski definition) is 1. The van der Waals surface area contributed by atoms with E-state index in [-0.39, 0.29) is 17.9 Å². The number of nitrogens with zero attached hydrogens (tertiary/aromatic N) is 2. The molecule has 0 atom stereocenters. The zero-order valence-corrected chi connectivity index (χ0v) is 18.0. The van der Waals surface area contributed by atoms with Gasteiger partial charge in [0.25, 0.3) is 0 Å². The number of amides is 1. The van der Waals surface area contributed by atoms with Crippen molar-refractivity contribution in [2.45, 2.75) is 6.04 Å². The molecule has 1 aliphatic rings. The molecule has 156 valence electrons. The van der Waals surface area contributed by atoms with E-state index < -0.39 is 0 Å². The number of fused-ring (bicyclic) bond motifs is 1. The fraction of sp³-hybridized carbons (Fsp3) is 0.200. The molecule has 1 N–H and O–H groups in total. The first-order valence-electron chi connectivity index (χ1n) is 10.3. The maximum atomic E-state index is 13.0. The van der Waals surface area contributed by atoms with Crippen molar-refractivity contribution in [2.24, 2.45) is 5.92 Å². The predicted molar refractivity (Wildman–Crippen MR) is 125 cm³/mol. The summed E-state index contributed by atoms with van der Waals surface area (Å²) in [4.78, 5) is 19.9. The Hall–Kier alpha value is -3.38. The van der Waals surface area contributed by atoms with Gasteiger partial charge < -0.3 is 15.0 Å². The van der Waals surface area contributed by atoms with Gasteiger partial charge in [-0.1, -0.05) is 72.0 Å². The van der Waals surface area contributed by atoms with Gasteiger partial charge >= 0.3 is 0 Å². The van der Waals surface area contributed by atoms with Crippen LogP contribution in [0, 0.1) is 5.92 Å². The quantitative estimate of drug-likeness (QED) is 0.485. The zero-order valence-electron chi connectivity index (χ0n) is 17.2. The van der Waals surface area contributed by atoms with E-state index in [1.165, 1.54) is 0 Å². The van der Waals surface area contributed by atoms with Crippen LogP contribution in [0.4, 0.5) is 5.13 Å². The van der Waals surface area contributed by atoms with Gasteiger partial charge in [0.05, 0.1) is 29.3 Å². The molecule has 4 aromatic rings. The van der Waals surface area contributed by atoms with Crippen LogP contribution in [0.2, 0.25) is 0 Å². The molecular formula is C25H23N3O2S. The van der Waals surface area contributed by atoms with E-state index in [1.807, 2.05) is 54.6 Å². The van der Waals surface area contributed by atoms with E-state index in [0.717, 1.165) is 32.2 Å². The Morgan fingerprint density at radius 2 is 1.68 bits per heavy atom. The summed E-state index contributed by atoms with van der Waals surface area (Å²) in [6, 6.07) is 26.0. The van der Waals surface area contributed by atoms with Crippen LogP contribution >= 0.6 is 11.3 Å². The number of methoxy groups -OCH3 is 1. The first-order valence-corrected chi connectivity index (χ1v) is 11.1. The van der Waals surface area contributed by atoms with E-state index in [2.05, 4.69) is 34.5 Å². The largest absolute Gasteiger partial charge is 0.497 e. The van der Waals surface area contributed by atoms with Crippen molar-refractivity contribution < 1.29 is 9.53 Å². The summed E-state index contributed by atoms with van der Waals surface area (Å²) in [6.07, 6.45) is 0. The van der Waals surface area contributed by atoms with E-state index >= 15 is 0 Å². The number of ether oxygens (including phenoxy) is 1. The molecule has 2 heterocycles. The average molecular weight is 430 g/mol. The Morgan fingerprint density at radius 1 is 1.03 bits per heavy atom. The number of aromatic nitrogens is 1. The summed E-state index contributed by atoms with van der Waals surface area (Å²) in [7, 11) is 1.66. The summed E-state index contributed by atoms with van der Waals surface area (Å²) >= 11 is 1.65. The highest BCUT2D eigenvalue weighted by molar-refractivity contribution is 7.22. The molecule has 0 unspecified atom stereocenters. The number of carbonyl (C=O) groups excluding carboxylic acids is 1. The number of benzene rings is 3. The fourth-order valence-corrected chi connectivity index (χ4v) is 4.83. The molecule has 3 aromatic carbocycles. The second kappa shape index (κ2) is 8.40. The molecule has 0 aliphatic carbocycles. The lowest BCUT2D eigenvalue weighted by molar-refractivity contribution is -0.126. The van der Waals surface area contributed by atoms with E-state index in [1.54, 1.807) is 18.4 Å². The summed E-state index contributed by atoms with van der Waals surface area (Å²) in [6.45, 7) is 1.36. The molecule has 6 heteroatoms. The maximum absolute atomic E-state index is 13.0. The van der Waals surface area contributed by atoms with Crippen molar-refractivity contribution >= 4 is 32.6 Å². The predicted octanol–water partition coefficient (Wildman–Crippen LogP) is 4.65. The summed E-state index contributed by atoms with van der Waals surface area (Å²) < 4.78 is 6.41. The minimum atomic E-state index is -0.154. The van der Waals surface area contributed by atoms with Crippen LogP contribution < -0.4 is 15.0 Å². The number of anilines is 1. The summed E-state index contributed by atoms with van der Waals surface area (Å²) in [5.41, 5.74) is 3.09. The van der Waals surface area contributed by atoms with Gasteiger partial charge in [-0.3, -0.25) is 4.79 Å². The van der Waals surface area contributed by atoms with Crippen LogP contribution in [0.5, 0.6) is 5.75 Å². The monoisotopic (exact) mass is 429 g/mol. The molecule has 1 amide bonds. The molecular weight excluding hydrogens is 406 g/mol. The molecule has 1 saturated heterocycles.